The Morgan fingerprint density at radius 2 is 0.709 bits per heavy atom. The van der Waals surface area contributed by atoms with Crippen LogP contribution in [0.2, 0.25) is 0 Å². The van der Waals surface area contributed by atoms with Crippen LogP contribution in [0.1, 0.15) is 277 Å². The number of nitrogens with one attached hydrogen (secondary N) is 1. The molecule has 0 saturated carbocycles. The molecule has 0 aliphatic carbocycles. The molecule has 0 aliphatic rings. The summed E-state index contributed by atoms with van der Waals surface area (Å²) in [5, 5.41) is 33.3. The fourth-order valence-electron chi connectivity index (χ4n) is 7.95. The van der Waals surface area contributed by atoms with E-state index in [2.05, 4.69) is 19.2 Å². The largest absolute Gasteiger partial charge is 0.394 e. The van der Waals surface area contributed by atoms with Gasteiger partial charge in [0.25, 0.3) is 0 Å². The van der Waals surface area contributed by atoms with E-state index in [9.17, 15) is 20.1 Å². The van der Waals surface area contributed by atoms with Gasteiger partial charge in [-0.05, 0) is 19.3 Å². The van der Waals surface area contributed by atoms with Crippen molar-refractivity contribution < 1.29 is 20.1 Å². The number of carbonyl (C=O) groups is 1. The molecular formula is C50H99NO4. The Morgan fingerprint density at radius 3 is 1.00 bits per heavy atom. The molecule has 0 aromatic heterocycles. The molecule has 0 aromatic carbocycles. The molecule has 55 heavy (non-hydrogen) atoms. The number of carbonyl (C=O) groups excluding carboxylic acids is 1. The van der Waals surface area contributed by atoms with Crippen molar-refractivity contribution >= 4 is 5.91 Å². The lowest BCUT2D eigenvalue weighted by molar-refractivity contribution is -0.131. The lowest BCUT2D eigenvalue weighted by Gasteiger charge is -2.21. The number of unbranched alkanes of at least 4 members (excludes halogenated alkanes) is 38. The highest BCUT2D eigenvalue weighted by molar-refractivity contribution is 5.80. The van der Waals surface area contributed by atoms with E-state index in [1.165, 1.54) is 225 Å². The SMILES string of the molecule is CCCCCCCCCCCCCCCCC/C=C/C(O)C(CO)NC(=O)C(O)CCCCCCCCCCCCCCCCCCCCCCCCCC. The molecule has 3 atom stereocenters. The fourth-order valence-corrected chi connectivity index (χ4v) is 7.95. The predicted molar refractivity (Wildman–Crippen MR) is 241 cm³/mol. The molecule has 3 unspecified atom stereocenters. The smallest absolute Gasteiger partial charge is 0.249 e. The molecular weight excluding hydrogens is 679 g/mol. The molecule has 0 spiro atoms. The van der Waals surface area contributed by atoms with Crippen molar-refractivity contribution in [1.29, 1.82) is 0 Å². The fraction of sp³-hybridized carbons (Fsp3) is 0.940. The van der Waals surface area contributed by atoms with Crippen molar-refractivity contribution in [3.63, 3.8) is 0 Å². The normalized spacial score (nSPS) is 13.5. The average Bonchev–Trinajstić information content (AvgIpc) is 3.19. The predicted octanol–water partition coefficient (Wildman–Crippen LogP) is 14.8. The van der Waals surface area contributed by atoms with E-state index < -0.39 is 24.2 Å². The van der Waals surface area contributed by atoms with E-state index >= 15 is 0 Å². The number of aliphatic hydroxyl groups is 3. The van der Waals surface area contributed by atoms with Gasteiger partial charge in [-0.25, -0.2) is 0 Å². The molecule has 1 amide bonds. The van der Waals surface area contributed by atoms with E-state index in [0.29, 0.717) is 6.42 Å². The van der Waals surface area contributed by atoms with Gasteiger partial charge in [0.2, 0.25) is 5.91 Å². The topological polar surface area (TPSA) is 89.8 Å². The molecule has 0 aliphatic heterocycles. The molecule has 5 nitrogen and oxygen atoms in total. The molecule has 0 rings (SSSR count). The molecule has 0 radical (unpaired) electrons. The molecule has 5 heteroatoms. The first-order valence-electron chi connectivity index (χ1n) is 25.0. The molecule has 0 fully saturated rings. The Morgan fingerprint density at radius 1 is 0.436 bits per heavy atom. The van der Waals surface area contributed by atoms with Crippen LogP contribution in [0.5, 0.6) is 0 Å². The number of allylic oxidation sites excluding steroid dienone is 1. The van der Waals surface area contributed by atoms with Crippen LogP contribution in [0, 0.1) is 0 Å². The van der Waals surface area contributed by atoms with Crippen LogP contribution in [0.25, 0.3) is 0 Å². The van der Waals surface area contributed by atoms with Gasteiger partial charge in [0.05, 0.1) is 18.8 Å². The summed E-state index contributed by atoms with van der Waals surface area (Å²) in [6, 6.07) is -0.793. The third-order valence-corrected chi connectivity index (χ3v) is 11.9. The van der Waals surface area contributed by atoms with Crippen LogP contribution < -0.4 is 5.32 Å². The minimum atomic E-state index is -1.09. The average molecular weight is 778 g/mol. The van der Waals surface area contributed by atoms with Crippen LogP contribution in [0.15, 0.2) is 12.2 Å². The Kier molecular flexibility index (Phi) is 45.0. The van der Waals surface area contributed by atoms with Gasteiger partial charge in [-0.3, -0.25) is 4.79 Å². The molecule has 328 valence electrons. The summed E-state index contributed by atoms with van der Waals surface area (Å²) in [7, 11) is 0. The monoisotopic (exact) mass is 778 g/mol. The molecule has 0 heterocycles. The van der Waals surface area contributed by atoms with E-state index in [4.69, 9.17) is 0 Å². The zero-order valence-electron chi connectivity index (χ0n) is 37.3. The number of rotatable bonds is 46. The van der Waals surface area contributed by atoms with Crippen LogP contribution in [0.3, 0.4) is 0 Å². The second kappa shape index (κ2) is 45.8. The molecule has 0 bridgehead atoms. The first-order chi connectivity index (χ1) is 27.1. The van der Waals surface area contributed by atoms with E-state index in [0.717, 1.165) is 32.1 Å². The van der Waals surface area contributed by atoms with Gasteiger partial charge in [0.15, 0.2) is 0 Å². The van der Waals surface area contributed by atoms with Gasteiger partial charge in [0, 0.05) is 0 Å². The third-order valence-electron chi connectivity index (χ3n) is 11.9. The second-order valence-electron chi connectivity index (χ2n) is 17.4. The van der Waals surface area contributed by atoms with Crippen LogP contribution in [0.4, 0.5) is 0 Å². The second-order valence-corrected chi connectivity index (χ2v) is 17.4. The van der Waals surface area contributed by atoms with Crippen molar-refractivity contribution in [1.82, 2.24) is 5.32 Å². The minimum absolute atomic E-state index is 0.359. The molecule has 0 saturated heterocycles. The summed E-state index contributed by atoms with van der Waals surface area (Å²) in [6.45, 7) is 4.21. The van der Waals surface area contributed by atoms with E-state index in [1.54, 1.807) is 6.08 Å². The lowest BCUT2D eigenvalue weighted by atomic mass is 10.0. The summed E-state index contributed by atoms with van der Waals surface area (Å²) >= 11 is 0. The van der Waals surface area contributed by atoms with Gasteiger partial charge in [-0.15, -0.1) is 0 Å². The van der Waals surface area contributed by atoms with E-state index in [1.807, 2.05) is 6.08 Å². The number of hydrogen-bond donors (Lipinski definition) is 4. The summed E-state index contributed by atoms with van der Waals surface area (Å²) in [5.74, 6) is -0.497. The summed E-state index contributed by atoms with van der Waals surface area (Å²) < 4.78 is 0. The van der Waals surface area contributed by atoms with Crippen molar-refractivity contribution in [3.8, 4) is 0 Å². The van der Waals surface area contributed by atoms with Crippen LogP contribution in [-0.4, -0.2) is 46.1 Å². The van der Waals surface area contributed by atoms with Gasteiger partial charge in [-0.2, -0.15) is 0 Å². The van der Waals surface area contributed by atoms with Crippen LogP contribution >= 0.6 is 0 Å². The number of amides is 1. The third kappa shape index (κ3) is 41.1. The van der Waals surface area contributed by atoms with Crippen LogP contribution in [-0.2, 0) is 4.79 Å². The summed E-state index contributed by atoms with van der Waals surface area (Å²) in [6.07, 6.45) is 55.5. The minimum Gasteiger partial charge on any atom is -0.394 e. The number of aliphatic hydroxyl groups excluding tert-OH is 3. The summed E-state index contributed by atoms with van der Waals surface area (Å²) in [4.78, 5) is 12.5. The Balaban J connectivity index is 3.57. The van der Waals surface area contributed by atoms with Gasteiger partial charge in [-0.1, -0.05) is 270 Å². The standard InChI is InChI=1S/C50H99NO4/c1-3-5-7-9-11-13-15-17-19-21-22-23-24-25-26-27-29-31-33-35-37-39-41-43-45-49(54)50(55)51-47(46-52)48(53)44-42-40-38-36-34-32-30-28-20-18-16-14-12-10-8-6-4-2/h42,44,47-49,52-54H,3-41,43,45-46H2,1-2H3,(H,51,55)/b44-42+. The van der Waals surface area contributed by atoms with Gasteiger partial charge in [0.1, 0.15) is 6.10 Å². The Hall–Kier alpha value is -0.910. The Bertz CT molecular complexity index is 773. The van der Waals surface area contributed by atoms with E-state index in [-0.39, 0.29) is 6.61 Å². The highest BCUT2D eigenvalue weighted by Gasteiger charge is 2.22. The van der Waals surface area contributed by atoms with Gasteiger partial charge < -0.3 is 20.6 Å². The zero-order valence-corrected chi connectivity index (χ0v) is 37.3. The maximum absolute atomic E-state index is 12.5. The van der Waals surface area contributed by atoms with Crippen molar-refractivity contribution in [2.24, 2.45) is 0 Å². The number of hydrogen-bond acceptors (Lipinski definition) is 4. The molecule has 0 aromatic rings. The maximum atomic E-state index is 12.5. The first kappa shape index (κ1) is 54.1. The zero-order chi connectivity index (χ0) is 40.1. The van der Waals surface area contributed by atoms with Crippen molar-refractivity contribution in [3.05, 3.63) is 12.2 Å². The molecule has 4 N–H and O–H groups in total. The van der Waals surface area contributed by atoms with Gasteiger partial charge >= 0.3 is 0 Å². The Labute approximate surface area is 344 Å². The lowest BCUT2D eigenvalue weighted by Crippen LogP contribution is -2.48. The maximum Gasteiger partial charge on any atom is 0.249 e. The summed E-state index contributed by atoms with van der Waals surface area (Å²) in [5.41, 5.74) is 0. The first-order valence-corrected chi connectivity index (χ1v) is 25.0. The highest BCUT2D eigenvalue weighted by atomic mass is 16.3. The quantitative estimate of drug-likeness (QED) is 0.0366. The van der Waals surface area contributed by atoms with Crippen molar-refractivity contribution in [2.45, 2.75) is 295 Å². The highest BCUT2D eigenvalue weighted by Crippen LogP contribution is 2.17. The van der Waals surface area contributed by atoms with Crippen molar-refractivity contribution in [2.75, 3.05) is 6.61 Å².